The number of β-amino-alcohol motifs (C(OH)–C–C–N with tert-alkyl or cyclic N) is 1. The maximum atomic E-state index is 12.7. The highest BCUT2D eigenvalue weighted by Crippen LogP contribution is 2.25. The Labute approximate surface area is 218 Å². The molecule has 1 N–H and O–H groups in total. The Bertz CT molecular complexity index is 914. The second-order valence-corrected chi connectivity index (χ2v) is 10.7. The fourth-order valence-electron chi connectivity index (χ4n) is 5.36. The molecule has 3 aliphatic rings. The number of aliphatic hydroxyl groups is 1. The lowest BCUT2D eigenvalue weighted by Crippen LogP contribution is -2.52. The van der Waals surface area contributed by atoms with Crippen molar-refractivity contribution in [1.29, 1.82) is 0 Å². The second-order valence-electron chi connectivity index (χ2n) is 9.85. The molecule has 1 saturated carbocycles. The van der Waals surface area contributed by atoms with E-state index in [0.717, 1.165) is 37.8 Å². The summed E-state index contributed by atoms with van der Waals surface area (Å²) < 4.78 is 0. The van der Waals surface area contributed by atoms with Gasteiger partial charge in [-0.05, 0) is 36.6 Å². The zero-order valence-corrected chi connectivity index (χ0v) is 21.8. The van der Waals surface area contributed by atoms with E-state index in [1.807, 2.05) is 0 Å². The molecular weight excluding hydrogens is 487 g/mol. The average molecular weight is 524 g/mol. The highest BCUT2D eigenvalue weighted by Gasteiger charge is 2.28. The number of halogens is 2. The number of hydrogen-bond donors (Lipinski definition) is 1. The van der Waals surface area contributed by atoms with Crippen molar-refractivity contribution in [3.63, 3.8) is 0 Å². The largest absolute Gasteiger partial charge is 0.390 e. The van der Waals surface area contributed by atoms with Crippen LogP contribution in [0.1, 0.15) is 37.7 Å². The molecule has 3 fully saturated rings. The molecule has 1 aromatic carbocycles. The molecule has 1 aliphatic carbocycles. The van der Waals surface area contributed by atoms with Crippen molar-refractivity contribution in [2.45, 2.75) is 44.2 Å². The molecule has 1 aromatic rings. The predicted molar refractivity (Wildman–Crippen MR) is 140 cm³/mol. The standard InChI is InChI=1S/C26H36Cl2N4O3/c27-23-7-5-20(17-24(23)28)6-8-25(34)31-10-9-26(35)32(16-15-31)19-22(33)18-29-11-13-30(14-12-29)21-3-1-2-4-21/h5-8,17,21-22,33H,1-4,9-16,18-19H2/b8-6+. The monoisotopic (exact) mass is 522 g/mol. The maximum Gasteiger partial charge on any atom is 0.246 e. The summed E-state index contributed by atoms with van der Waals surface area (Å²) in [5.74, 6) is -0.162. The van der Waals surface area contributed by atoms with Gasteiger partial charge in [-0.2, -0.15) is 0 Å². The Balaban J connectivity index is 1.21. The van der Waals surface area contributed by atoms with Crippen molar-refractivity contribution in [3.05, 3.63) is 39.9 Å². The quantitative estimate of drug-likeness (QED) is 0.557. The normalized spacial score (nSPS) is 22.2. The lowest BCUT2D eigenvalue weighted by atomic mass is 10.1. The van der Waals surface area contributed by atoms with Crippen molar-refractivity contribution in [2.24, 2.45) is 0 Å². The molecular formula is C26H36Cl2N4O3. The molecule has 2 amide bonds. The van der Waals surface area contributed by atoms with Gasteiger partial charge in [-0.15, -0.1) is 0 Å². The first kappa shape index (κ1) is 26.4. The summed E-state index contributed by atoms with van der Waals surface area (Å²) in [7, 11) is 0. The van der Waals surface area contributed by atoms with Crippen molar-refractivity contribution in [1.82, 2.24) is 19.6 Å². The van der Waals surface area contributed by atoms with Gasteiger partial charge in [-0.25, -0.2) is 0 Å². The van der Waals surface area contributed by atoms with Crippen molar-refractivity contribution in [2.75, 3.05) is 58.9 Å². The number of amides is 2. The Morgan fingerprint density at radius 3 is 2.46 bits per heavy atom. The molecule has 7 nitrogen and oxygen atoms in total. The molecule has 4 rings (SSSR count). The van der Waals surface area contributed by atoms with Crippen LogP contribution in [0.15, 0.2) is 24.3 Å². The van der Waals surface area contributed by atoms with Crippen LogP contribution in [0.3, 0.4) is 0 Å². The van der Waals surface area contributed by atoms with Crippen molar-refractivity contribution < 1.29 is 14.7 Å². The third-order valence-electron chi connectivity index (χ3n) is 7.41. The molecule has 0 aromatic heterocycles. The fraction of sp³-hybridized carbons (Fsp3) is 0.615. The minimum atomic E-state index is -0.589. The van der Waals surface area contributed by atoms with E-state index in [2.05, 4.69) is 9.80 Å². The lowest BCUT2D eigenvalue weighted by molar-refractivity contribution is -0.132. The summed E-state index contributed by atoms with van der Waals surface area (Å²) in [5, 5.41) is 11.6. The first-order chi connectivity index (χ1) is 16.9. The molecule has 35 heavy (non-hydrogen) atoms. The number of aliphatic hydroxyl groups excluding tert-OH is 1. The van der Waals surface area contributed by atoms with Crippen LogP contribution in [0.5, 0.6) is 0 Å². The first-order valence-electron chi connectivity index (χ1n) is 12.7. The van der Waals surface area contributed by atoms with Gasteiger partial charge in [-0.1, -0.05) is 42.1 Å². The molecule has 2 aliphatic heterocycles. The predicted octanol–water partition coefficient (Wildman–Crippen LogP) is 2.99. The van der Waals surface area contributed by atoms with Gasteiger partial charge < -0.3 is 14.9 Å². The van der Waals surface area contributed by atoms with Crippen LogP contribution in [0, 0.1) is 0 Å². The molecule has 0 spiro atoms. The van der Waals surface area contributed by atoms with Gasteiger partial charge in [0.25, 0.3) is 0 Å². The van der Waals surface area contributed by atoms with E-state index < -0.39 is 6.10 Å². The van der Waals surface area contributed by atoms with E-state index in [1.54, 1.807) is 34.1 Å². The first-order valence-corrected chi connectivity index (χ1v) is 13.5. The van der Waals surface area contributed by atoms with Crippen molar-refractivity contribution >= 4 is 41.1 Å². The summed E-state index contributed by atoms with van der Waals surface area (Å²) in [5.41, 5.74) is 0.785. The summed E-state index contributed by atoms with van der Waals surface area (Å²) >= 11 is 12.0. The van der Waals surface area contributed by atoms with Gasteiger partial charge in [0.2, 0.25) is 11.8 Å². The van der Waals surface area contributed by atoms with E-state index in [-0.39, 0.29) is 18.2 Å². The number of carbonyl (C=O) groups is 2. The van der Waals surface area contributed by atoms with Crippen LogP contribution in [-0.2, 0) is 9.59 Å². The molecule has 1 atom stereocenters. The average Bonchev–Trinajstić information content (AvgIpc) is 3.33. The zero-order chi connectivity index (χ0) is 24.8. The van der Waals surface area contributed by atoms with Crippen LogP contribution >= 0.6 is 23.2 Å². The molecule has 2 heterocycles. The molecule has 1 unspecified atom stereocenters. The highest BCUT2D eigenvalue weighted by atomic mass is 35.5. The Morgan fingerprint density at radius 1 is 1.00 bits per heavy atom. The summed E-state index contributed by atoms with van der Waals surface area (Å²) in [6.07, 6.45) is 8.22. The molecule has 0 bridgehead atoms. The SMILES string of the molecule is O=C(/C=C/c1ccc(Cl)c(Cl)c1)N1CCC(=O)N(CC(O)CN2CCN(C3CCCC3)CC2)CC1. The Hall–Kier alpha value is -1.64. The smallest absolute Gasteiger partial charge is 0.246 e. The van der Waals surface area contributed by atoms with Crippen LogP contribution in [0.25, 0.3) is 6.08 Å². The summed E-state index contributed by atoms with van der Waals surface area (Å²) in [6.45, 7) is 6.20. The number of rotatable bonds is 7. The Kier molecular flexibility index (Phi) is 9.47. The summed E-state index contributed by atoms with van der Waals surface area (Å²) in [4.78, 5) is 33.6. The molecule has 192 valence electrons. The van der Waals surface area contributed by atoms with Crippen molar-refractivity contribution in [3.8, 4) is 0 Å². The van der Waals surface area contributed by atoms with E-state index >= 15 is 0 Å². The maximum absolute atomic E-state index is 12.7. The molecule has 0 radical (unpaired) electrons. The van der Waals surface area contributed by atoms with Gasteiger partial charge in [0.05, 0.1) is 16.1 Å². The van der Waals surface area contributed by atoms with E-state index in [0.29, 0.717) is 42.8 Å². The highest BCUT2D eigenvalue weighted by molar-refractivity contribution is 6.42. The van der Waals surface area contributed by atoms with E-state index in [9.17, 15) is 14.7 Å². The van der Waals surface area contributed by atoms with Crippen LogP contribution in [0.2, 0.25) is 10.0 Å². The lowest BCUT2D eigenvalue weighted by Gasteiger charge is -2.39. The van der Waals surface area contributed by atoms with Gasteiger partial charge in [0.15, 0.2) is 0 Å². The van der Waals surface area contributed by atoms with Gasteiger partial charge in [0.1, 0.15) is 0 Å². The van der Waals surface area contributed by atoms with Gasteiger partial charge in [0, 0.05) is 77.4 Å². The number of carbonyl (C=O) groups excluding carboxylic acids is 2. The second kappa shape index (κ2) is 12.5. The van der Waals surface area contributed by atoms with Gasteiger partial charge in [-0.3, -0.25) is 19.4 Å². The van der Waals surface area contributed by atoms with E-state index in [1.165, 1.54) is 31.8 Å². The summed E-state index contributed by atoms with van der Waals surface area (Å²) in [6, 6.07) is 5.94. The molecule has 2 saturated heterocycles. The third-order valence-corrected chi connectivity index (χ3v) is 8.15. The zero-order valence-electron chi connectivity index (χ0n) is 20.2. The van der Waals surface area contributed by atoms with Gasteiger partial charge >= 0.3 is 0 Å². The number of nitrogens with zero attached hydrogens (tertiary/aromatic N) is 4. The molecule has 9 heteroatoms. The third kappa shape index (κ3) is 7.43. The van der Waals surface area contributed by atoms with Crippen LogP contribution < -0.4 is 0 Å². The van der Waals surface area contributed by atoms with E-state index in [4.69, 9.17) is 23.2 Å². The topological polar surface area (TPSA) is 67.3 Å². The van der Waals surface area contributed by atoms with Crippen LogP contribution in [-0.4, -0.2) is 108 Å². The Morgan fingerprint density at radius 2 is 1.74 bits per heavy atom. The minimum absolute atomic E-state index is 0.0149. The minimum Gasteiger partial charge on any atom is -0.390 e. The fourth-order valence-corrected chi connectivity index (χ4v) is 5.67. The van der Waals surface area contributed by atoms with Crippen LogP contribution in [0.4, 0.5) is 0 Å². The number of hydrogen-bond acceptors (Lipinski definition) is 5. The number of benzene rings is 1. The number of piperazine rings is 1.